The van der Waals surface area contributed by atoms with Crippen LogP contribution >= 0.6 is 11.8 Å². The lowest BCUT2D eigenvalue weighted by atomic mass is 10.1. The molecular weight excluding hydrogens is 320 g/mol. The van der Waals surface area contributed by atoms with E-state index < -0.39 is 11.2 Å². The number of carbonyl (C=O) groups excluding carboxylic acids is 1. The third kappa shape index (κ3) is 3.29. The van der Waals surface area contributed by atoms with Crippen LogP contribution in [-0.4, -0.2) is 40.0 Å². The van der Waals surface area contributed by atoms with Gasteiger partial charge in [-0.15, -0.1) is 0 Å². The summed E-state index contributed by atoms with van der Waals surface area (Å²) in [6.07, 6.45) is 0. The van der Waals surface area contributed by atoms with E-state index in [0.29, 0.717) is 18.9 Å². The van der Waals surface area contributed by atoms with Crippen LogP contribution in [0.3, 0.4) is 0 Å². The smallest absolute Gasteiger partial charge is 0.342 e. The van der Waals surface area contributed by atoms with Gasteiger partial charge in [0, 0.05) is 0 Å². The summed E-state index contributed by atoms with van der Waals surface area (Å²) in [6.45, 7) is 2.82. The summed E-state index contributed by atoms with van der Waals surface area (Å²) in [7, 11) is 0. The number of fused-ring (bicyclic) bond motifs is 1. The lowest BCUT2D eigenvalue weighted by Crippen LogP contribution is -2.39. The second-order valence-corrected chi connectivity index (χ2v) is 5.93. The number of carbonyl (C=O) groups is 1. The summed E-state index contributed by atoms with van der Waals surface area (Å²) in [5.41, 5.74) is 0.486. The molecule has 0 saturated heterocycles. The molecule has 0 saturated carbocycles. The van der Waals surface area contributed by atoms with Crippen LogP contribution in [-0.2, 0) is 4.79 Å². The normalized spacial score (nSPS) is 13.3. The molecule has 9 heteroatoms. The zero-order valence-electron chi connectivity index (χ0n) is 12.3. The number of nitrogens with zero attached hydrogens (tertiary/aromatic N) is 2. The van der Waals surface area contributed by atoms with Gasteiger partial charge in [-0.1, -0.05) is 17.8 Å². The van der Waals surface area contributed by atoms with Crippen LogP contribution < -0.4 is 20.9 Å². The average molecular weight is 334 g/mol. The fourth-order valence-corrected chi connectivity index (χ4v) is 2.94. The fourth-order valence-electron chi connectivity index (χ4n) is 2.23. The highest BCUT2D eigenvalue weighted by atomic mass is 32.2. The number of hydrogen-bond donors (Lipinski definition) is 2. The molecule has 23 heavy (non-hydrogen) atoms. The van der Waals surface area contributed by atoms with Crippen molar-refractivity contribution in [2.24, 2.45) is 0 Å². The van der Waals surface area contributed by atoms with Crippen molar-refractivity contribution >= 4 is 23.4 Å². The van der Waals surface area contributed by atoms with Gasteiger partial charge in [0.25, 0.3) is 5.56 Å². The van der Waals surface area contributed by atoms with Crippen molar-refractivity contribution in [2.75, 3.05) is 23.8 Å². The minimum atomic E-state index is -0.678. The molecule has 1 amide bonds. The Bertz CT molecular complexity index is 860. The molecule has 3 rings (SSSR count). The highest BCUT2D eigenvalue weighted by molar-refractivity contribution is 7.99. The van der Waals surface area contributed by atoms with E-state index in [2.05, 4.69) is 15.2 Å². The largest absolute Gasteiger partial charge is 0.490 e. The molecule has 2 heterocycles. The first-order valence-corrected chi connectivity index (χ1v) is 7.89. The van der Waals surface area contributed by atoms with Crippen LogP contribution in [0.15, 0.2) is 32.8 Å². The van der Waals surface area contributed by atoms with Crippen LogP contribution in [0.25, 0.3) is 0 Å². The summed E-state index contributed by atoms with van der Waals surface area (Å²) in [5.74, 6) is 0.556. The maximum atomic E-state index is 12.4. The van der Waals surface area contributed by atoms with E-state index in [-0.39, 0.29) is 16.7 Å². The second-order valence-electron chi connectivity index (χ2n) is 4.97. The topological polar surface area (TPSA) is 108 Å². The molecule has 1 aromatic carbocycles. The number of anilines is 1. The van der Waals surface area contributed by atoms with Crippen molar-refractivity contribution < 1.29 is 9.53 Å². The van der Waals surface area contributed by atoms with E-state index in [9.17, 15) is 14.4 Å². The number of amides is 1. The van der Waals surface area contributed by atoms with Crippen LogP contribution in [0.2, 0.25) is 0 Å². The summed E-state index contributed by atoms with van der Waals surface area (Å²) in [5, 5.41) is 5.83. The van der Waals surface area contributed by atoms with E-state index in [1.54, 1.807) is 4.90 Å². The van der Waals surface area contributed by atoms with Gasteiger partial charge in [0.05, 0.1) is 18.0 Å². The molecule has 1 aliphatic rings. The first-order valence-electron chi connectivity index (χ1n) is 6.90. The number of hydrogen-bond acceptors (Lipinski definition) is 6. The van der Waals surface area contributed by atoms with E-state index in [1.165, 1.54) is 0 Å². The quantitative estimate of drug-likeness (QED) is 0.781. The predicted octanol–water partition coefficient (Wildman–Crippen LogP) is 0.284. The minimum Gasteiger partial charge on any atom is -0.490 e. The van der Waals surface area contributed by atoms with Crippen LogP contribution in [0, 0.1) is 6.92 Å². The molecule has 0 unspecified atom stereocenters. The molecule has 0 spiro atoms. The summed E-state index contributed by atoms with van der Waals surface area (Å²) in [4.78, 5) is 38.6. The SMILES string of the molecule is Cc1ccc2c(c1)OCCN2C(=O)CSc1n[nH]c(=O)[nH]c1=O. The molecule has 0 fully saturated rings. The standard InChI is InChI=1S/C14H14N4O4S/c1-8-2-3-9-10(6-8)22-5-4-18(9)11(19)7-23-13-12(20)15-14(21)17-16-13/h2-3,6H,4-5,7H2,1H3,(H2,15,17,20,21). The lowest BCUT2D eigenvalue weighted by molar-refractivity contribution is -0.116. The van der Waals surface area contributed by atoms with Crippen molar-refractivity contribution in [2.45, 2.75) is 11.9 Å². The Morgan fingerprint density at radius 1 is 1.43 bits per heavy atom. The molecule has 8 nitrogen and oxygen atoms in total. The first-order chi connectivity index (χ1) is 11.0. The maximum Gasteiger partial charge on any atom is 0.342 e. The van der Waals surface area contributed by atoms with Gasteiger partial charge >= 0.3 is 5.69 Å². The fraction of sp³-hybridized carbons (Fsp3) is 0.286. The number of nitrogens with one attached hydrogen (secondary N) is 2. The van der Waals surface area contributed by atoms with Crippen LogP contribution in [0.1, 0.15) is 5.56 Å². The Morgan fingerprint density at radius 2 is 2.26 bits per heavy atom. The minimum absolute atomic E-state index is 0.0371. The van der Waals surface area contributed by atoms with Crippen molar-refractivity contribution in [1.82, 2.24) is 15.2 Å². The van der Waals surface area contributed by atoms with Gasteiger partial charge in [-0.2, -0.15) is 5.10 Å². The van der Waals surface area contributed by atoms with Crippen molar-refractivity contribution in [1.29, 1.82) is 0 Å². The third-order valence-electron chi connectivity index (χ3n) is 3.29. The van der Waals surface area contributed by atoms with Crippen molar-refractivity contribution in [3.63, 3.8) is 0 Å². The Morgan fingerprint density at radius 3 is 3.04 bits per heavy atom. The second kappa shape index (κ2) is 6.29. The Kier molecular flexibility index (Phi) is 4.20. The molecule has 0 aliphatic carbocycles. The van der Waals surface area contributed by atoms with E-state index in [1.807, 2.05) is 25.1 Å². The predicted molar refractivity (Wildman–Crippen MR) is 85.2 cm³/mol. The maximum absolute atomic E-state index is 12.4. The van der Waals surface area contributed by atoms with E-state index in [4.69, 9.17) is 4.74 Å². The number of H-pyrrole nitrogens is 2. The van der Waals surface area contributed by atoms with Gasteiger partial charge in [0.15, 0.2) is 5.03 Å². The molecule has 1 aliphatic heterocycles. The monoisotopic (exact) mass is 334 g/mol. The average Bonchev–Trinajstić information content (AvgIpc) is 2.53. The first kappa shape index (κ1) is 15.3. The number of aromatic nitrogens is 3. The van der Waals surface area contributed by atoms with Gasteiger partial charge < -0.3 is 9.64 Å². The molecule has 2 N–H and O–H groups in total. The Labute approximate surface area is 134 Å². The summed E-state index contributed by atoms with van der Waals surface area (Å²) >= 11 is 0.978. The van der Waals surface area contributed by atoms with Crippen molar-refractivity contribution in [3.8, 4) is 5.75 Å². The molecule has 120 valence electrons. The number of ether oxygens (including phenoxy) is 1. The highest BCUT2D eigenvalue weighted by Crippen LogP contribution is 2.32. The lowest BCUT2D eigenvalue weighted by Gasteiger charge is -2.29. The Hall–Kier alpha value is -2.55. The number of benzene rings is 1. The molecule has 1 aromatic heterocycles. The molecular formula is C14H14N4O4S. The molecule has 0 bridgehead atoms. The van der Waals surface area contributed by atoms with Gasteiger partial charge in [0.1, 0.15) is 12.4 Å². The van der Waals surface area contributed by atoms with Gasteiger partial charge in [0.2, 0.25) is 5.91 Å². The number of aromatic amines is 2. The van der Waals surface area contributed by atoms with Gasteiger partial charge in [-0.05, 0) is 24.6 Å². The molecule has 2 aromatic rings. The van der Waals surface area contributed by atoms with Gasteiger partial charge in [-0.3, -0.25) is 14.6 Å². The van der Waals surface area contributed by atoms with Crippen LogP contribution in [0.5, 0.6) is 5.75 Å². The number of aryl methyl sites for hydroxylation is 1. The zero-order valence-corrected chi connectivity index (χ0v) is 13.1. The Balaban J connectivity index is 1.75. The van der Waals surface area contributed by atoms with Crippen molar-refractivity contribution in [3.05, 3.63) is 44.6 Å². The highest BCUT2D eigenvalue weighted by Gasteiger charge is 2.24. The van der Waals surface area contributed by atoms with E-state index >= 15 is 0 Å². The zero-order chi connectivity index (χ0) is 16.4. The number of thioether (sulfide) groups is 1. The van der Waals surface area contributed by atoms with Gasteiger partial charge in [-0.25, -0.2) is 9.89 Å². The summed E-state index contributed by atoms with van der Waals surface area (Å²) in [6, 6.07) is 5.64. The molecule has 0 atom stereocenters. The van der Waals surface area contributed by atoms with E-state index in [0.717, 1.165) is 23.0 Å². The third-order valence-corrected chi connectivity index (χ3v) is 4.23. The van der Waals surface area contributed by atoms with Crippen LogP contribution in [0.4, 0.5) is 5.69 Å². The summed E-state index contributed by atoms with van der Waals surface area (Å²) < 4.78 is 5.57. The number of rotatable bonds is 3. The molecule has 0 radical (unpaired) electrons.